The van der Waals surface area contributed by atoms with Crippen molar-refractivity contribution in [1.82, 2.24) is 0 Å². The highest BCUT2D eigenvalue weighted by Crippen LogP contribution is 2.31. The monoisotopic (exact) mass is 255 g/mol. The molecule has 1 fully saturated rings. The Balaban J connectivity index is 1.88. The second-order valence-electron chi connectivity index (χ2n) is 3.94. The molecule has 3 heteroatoms. The van der Waals surface area contributed by atoms with Crippen LogP contribution in [0.4, 0.5) is 5.69 Å². The first-order valence-corrected chi connectivity index (χ1v) is 5.69. The third-order valence-corrected chi connectivity index (χ3v) is 3.28. The Hall–Kier alpha value is -0.540. The lowest BCUT2D eigenvalue weighted by Gasteiger charge is -2.36. The van der Waals surface area contributed by atoms with E-state index in [-0.39, 0.29) is 0 Å². The third kappa shape index (κ3) is 2.28. The van der Waals surface area contributed by atoms with Gasteiger partial charge in [-0.3, -0.25) is 0 Å². The van der Waals surface area contributed by atoms with Crippen LogP contribution < -0.4 is 5.32 Å². The van der Waals surface area contributed by atoms with Crippen molar-refractivity contribution in [2.75, 3.05) is 11.9 Å². The normalized spacial score (nSPS) is 18.7. The first-order valence-electron chi connectivity index (χ1n) is 4.90. The van der Waals surface area contributed by atoms with Crippen LogP contribution >= 0.6 is 15.9 Å². The van der Waals surface area contributed by atoms with Crippen molar-refractivity contribution >= 4 is 21.6 Å². The van der Waals surface area contributed by atoms with Crippen molar-refractivity contribution < 1.29 is 5.11 Å². The van der Waals surface area contributed by atoms with E-state index in [9.17, 15) is 5.11 Å². The summed E-state index contributed by atoms with van der Waals surface area (Å²) in [7, 11) is 0. The summed E-state index contributed by atoms with van der Waals surface area (Å²) in [5.41, 5.74) is 0.612. The van der Waals surface area contributed by atoms with E-state index in [2.05, 4.69) is 21.2 Å². The van der Waals surface area contributed by atoms with Gasteiger partial charge in [0, 0.05) is 16.7 Å². The smallest absolute Gasteiger partial charge is 0.0819 e. The van der Waals surface area contributed by atoms with Crippen molar-refractivity contribution in [3.63, 3.8) is 0 Å². The maximum Gasteiger partial charge on any atom is 0.0819 e. The minimum absolute atomic E-state index is 0.451. The zero-order valence-electron chi connectivity index (χ0n) is 7.96. The predicted octanol–water partition coefficient (Wildman–Crippen LogP) is 2.78. The summed E-state index contributed by atoms with van der Waals surface area (Å²) in [6, 6.07) is 8.00. The van der Waals surface area contributed by atoms with Crippen molar-refractivity contribution in [2.24, 2.45) is 0 Å². The third-order valence-electron chi connectivity index (χ3n) is 2.75. The molecule has 0 saturated heterocycles. The Bertz CT molecular complexity index is 306. The molecule has 1 aromatic carbocycles. The summed E-state index contributed by atoms with van der Waals surface area (Å²) in [4.78, 5) is 0. The molecule has 1 aliphatic rings. The van der Waals surface area contributed by atoms with Crippen LogP contribution in [0, 0.1) is 0 Å². The molecule has 14 heavy (non-hydrogen) atoms. The SMILES string of the molecule is OC1(CNc2ccc(Br)cc2)CCC1. The van der Waals surface area contributed by atoms with Gasteiger partial charge in [0.15, 0.2) is 0 Å². The zero-order chi connectivity index (χ0) is 10.0. The largest absolute Gasteiger partial charge is 0.388 e. The van der Waals surface area contributed by atoms with Crippen LogP contribution in [0.1, 0.15) is 19.3 Å². The summed E-state index contributed by atoms with van der Waals surface area (Å²) in [5, 5.41) is 13.1. The molecule has 0 spiro atoms. The van der Waals surface area contributed by atoms with Crippen LogP contribution in [0.5, 0.6) is 0 Å². The van der Waals surface area contributed by atoms with Crippen LogP contribution in [0.3, 0.4) is 0 Å². The molecule has 0 heterocycles. The average molecular weight is 256 g/mol. The molecular weight excluding hydrogens is 242 g/mol. The maximum absolute atomic E-state index is 9.85. The number of hydrogen-bond acceptors (Lipinski definition) is 2. The molecule has 1 aromatic rings. The summed E-state index contributed by atoms with van der Waals surface area (Å²) in [6.45, 7) is 0.661. The topological polar surface area (TPSA) is 32.3 Å². The molecular formula is C11H14BrNO. The molecule has 0 atom stereocenters. The molecule has 2 N–H and O–H groups in total. The first kappa shape index (κ1) is 9.99. The number of rotatable bonds is 3. The summed E-state index contributed by atoms with van der Waals surface area (Å²) in [5.74, 6) is 0. The molecule has 0 bridgehead atoms. The predicted molar refractivity (Wildman–Crippen MR) is 61.4 cm³/mol. The van der Waals surface area contributed by atoms with Gasteiger partial charge in [-0.1, -0.05) is 15.9 Å². The van der Waals surface area contributed by atoms with Crippen LogP contribution in [0.2, 0.25) is 0 Å². The molecule has 1 saturated carbocycles. The maximum atomic E-state index is 9.85. The van der Waals surface area contributed by atoms with Gasteiger partial charge >= 0.3 is 0 Å². The van der Waals surface area contributed by atoms with Crippen molar-refractivity contribution in [1.29, 1.82) is 0 Å². The highest BCUT2D eigenvalue weighted by atomic mass is 79.9. The summed E-state index contributed by atoms with van der Waals surface area (Å²) >= 11 is 3.38. The second kappa shape index (κ2) is 3.91. The van der Waals surface area contributed by atoms with E-state index in [1.807, 2.05) is 24.3 Å². The minimum Gasteiger partial charge on any atom is -0.388 e. The highest BCUT2D eigenvalue weighted by Gasteiger charge is 2.33. The van der Waals surface area contributed by atoms with Crippen molar-refractivity contribution in [3.05, 3.63) is 28.7 Å². The van der Waals surface area contributed by atoms with E-state index in [1.54, 1.807) is 0 Å². The van der Waals surface area contributed by atoms with Crippen LogP contribution in [-0.4, -0.2) is 17.3 Å². The van der Waals surface area contributed by atoms with E-state index in [0.29, 0.717) is 6.54 Å². The number of nitrogens with one attached hydrogen (secondary N) is 1. The minimum atomic E-state index is -0.451. The molecule has 0 aromatic heterocycles. The van der Waals surface area contributed by atoms with Gasteiger partial charge in [0.2, 0.25) is 0 Å². The molecule has 2 nitrogen and oxygen atoms in total. The van der Waals surface area contributed by atoms with Gasteiger partial charge in [-0.25, -0.2) is 0 Å². The van der Waals surface area contributed by atoms with E-state index >= 15 is 0 Å². The molecule has 0 unspecified atom stereocenters. The van der Waals surface area contributed by atoms with Gasteiger partial charge in [-0.2, -0.15) is 0 Å². The molecule has 2 rings (SSSR count). The quantitative estimate of drug-likeness (QED) is 0.871. The number of anilines is 1. The van der Waals surface area contributed by atoms with Crippen molar-refractivity contribution in [2.45, 2.75) is 24.9 Å². The Kier molecular flexibility index (Phi) is 2.79. The fourth-order valence-electron chi connectivity index (χ4n) is 1.60. The van der Waals surface area contributed by atoms with E-state index < -0.39 is 5.60 Å². The fraction of sp³-hybridized carbons (Fsp3) is 0.455. The van der Waals surface area contributed by atoms with E-state index in [1.165, 1.54) is 0 Å². The Morgan fingerprint density at radius 1 is 1.29 bits per heavy atom. The average Bonchev–Trinajstić information content (AvgIpc) is 2.14. The van der Waals surface area contributed by atoms with Gasteiger partial charge in [0.25, 0.3) is 0 Å². The first-order chi connectivity index (χ1) is 6.68. The summed E-state index contributed by atoms with van der Waals surface area (Å²) < 4.78 is 1.07. The fourth-order valence-corrected chi connectivity index (χ4v) is 1.86. The second-order valence-corrected chi connectivity index (χ2v) is 4.85. The van der Waals surface area contributed by atoms with Crippen molar-refractivity contribution in [3.8, 4) is 0 Å². The lowest BCUT2D eigenvalue weighted by Crippen LogP contribution is -2.43. The zero-order valence-corrected chi connectivity index (χ0v) is 9.55. The van der Waals surface area contributed by atoms with Gasteiger partial charge in [-0.15, -0.1) is 0 Å². The van der Waals surface area contributed by atoms with Gasteiger partial charge in [-0.05, 0) is 43.5 Å². The lowest BCUT2D eigenvalue weighted by atomic mass is 9.80. The van der Waals surface area contributed by atoms with Crippen LogP contribution in [0.15, 0.2) is 28.7 Å². The Morgan fingerprint density at radius 3 is 2.43 bits per heavy atom. The molecule has 1 aliphatic carbocycles. The van der Waals surface area contributed by atoms with Gasteiger partial charge in [0.05, 0.1) is 5.60 Å². The number of benzene rings is 1. The number of halogens is 1. The molecule has 76 valence electrons. The molecule has 0 amide bonds. The highest BCUT2D eigenvalue weighted by molar-refractivity contribution is 9.10. The summed E-state index contributed by atoms with van der Waals surface area (Å²) in [6.07, 6.45) is 3.01. The van der Waals surface area contributed by atoms with E-state index in [4.69, 9.17) is 0 Å². The number of hydrogen-bond donors (Lipinski definition) is 2. The van der Waals surface area contributed by atoms with Gasteiger partial charge in [0.1, 0.15) is 0 Å². The molecule has 0 aliphatic heterocycles. The van der Waals surface area contributed by atoms with E-state index in [0.717, 1.165) is 29.4 Å². The Labute approximate surface area is 92.5 Å². The molecule has 0 radical (unpaired) electrons. The van der Waals surface area contributed by atoms with Crippen LogP contribution in [0.25, 0.3) is 0 Å². The Morgan fingerprint density at radius 2 is 1.93 bits per heavy atom. The van der Waals surface area contributed by atoms with Crippen LogP contribution in [-0.2, 0) is 0 Å². The van der Waals surface area contributed by atoms with Gasteiger partial charge < -0.3 is 10.4 Å². The lowest BCUT2D eigenvalue weighted by molar-refractivity contribution is -0.0201. The number of aliphatic hydroxyl groups is 1. The standard InChI is InChI=1S/C11H14BrNO/c12-9-2-4-10(5-3-9)13-8-11(14)6-1-7-11/h2-5,13-14H,1,6-8H2.